The summed E-state index contributed by atoms with van der Waals surface area (Å²) >= 11 is 0. The van der Waals surface area contributed by atoms with Crippen LogP contribution < -0.4 is 5.32 Å². The van der Waals surface area contributed by atoms with Gasteiger partial charge in [-0.05, 0) is 17.2 Å². The number of aromatic nitrogens is 4. The van der Waals surface area contributed by atoms with Gasteiger partial charge in [0.05, 0.1) is 19.0 Å². The van der Waals surface area contributed by atoms with E-state index in [0.29, 0.717) is 11.7 Å². The van der Waals surface area contributed by atoms with Gasteiger partial charge in [-0.25, -0.2) is 9.97 Å². The van der Waals surface area contributed by atoms with Crippen molar-refractivity contribution < 1.29 is 0 Å². The van der Waals surface area contributed by atoms with Crippen LogP contribution in [0.15, 0.2) is 60.2 Å². The standard InChI is InChI=1S/C22H23N7/c1-28-6-5-19(12-26-28)17-3-2-4-18(7-17)22-24-10-20(11-25-22)21-13-27-29(15-21)14-16-8-23-9-16/h2-5,7,10-13,15-16,23H,6,8-9,14H2,1H3. The van der Waals surface area contributed by atoms with E-state index in [1.807, 2.05) is 53.7 Å². The minimum Gasteiger partial charge on any atom is -0.316 e. The molecule has 5 rings (SSSR count). The number of benzene rings is 1. The second-order valence-corrected chi connectivity index (χ2v) is 7.60. The van der Waals surface area contributed by atoms with Crippen LogP contribution in [0.5, 0.6) is 0 Å². The molecule has 1 fully saturated rings. The molecule has 2 aliphatic heterocycles. The number of hydrogen-bond acceptors (Lipinski definition) is 6. The van der Waals surface area contributed by atoms with Crippen molar-refractivity contribution in [2.75, 3.05) is 26.7 Å². The molecule has 146 valence electrons. The van der Waals surface area contributed by atoms with E-state index >= 15 is 0 Å². The number of allylic oxidation sites excluding steroid dienone is 1. The van der Waals surface area contributed by atoms with Crippen LogP contribution in [0.25, 0.3) is 28.1 Å². The lowest BCUT2D eigenvalue weighted by Gasteiger charge is -2.26. The molecule has 0 unspecified atom stereocenters. The zero-order valence-corrected chi connectivity index (χ0v) is 16.4. The van der Waals surface area contributed by atoms with Crippen LogP contribution in [0.2, 0.25) is 0 Å². The van der Waals surface area contributed by atoms with Crippen molar-refractivity contribution in [1.29, 1.82) is 0 Å². The predicted octanol–water partition coefficient (Wildman–Crippen LogP) is 2.54. The maximum Gasteiger partial charge on any atom is 0.159 e. The summed E-state index contributed by atoms with van der Waals surface area (Å²) in [5.74, 6) is 1.40. The monoisotopic (exact) mass is 385 g/mol. The first kappa shape index (κ1) is 17.8. The zero-order valence-electron chi connectivity index (χ0n) is 16.4. The summed E-state index contributed by atoms with van der Waals surface area (Å²) in [7, 11) is 1.96. The first-order valence-electron chi connectivity index (χ1n) is 9.86. The Morgan fingerprint density at radius 2 is 1.86 bits per heavy atom. The fourth-order valence-electron chi connectivity index (χ4n) is 3.50. The van der Waals surface area contributed by atoms with Crippen LogP contribution in [0.4, 0.5) is 0 Å². The number of nitrogens with zero attached hydrogens (tertiary/aromatic N) is 6. The Bertz CT molecular complexity index is 1060. The second-order valence-electron chi connectivity index (χ2n) is 7.60. The highest BCUT2D eigenvalue weighted by Crippen LogP contribution is 2.24. The number of likely N-dealkylation sites (N-methyl/N-ethyl adjacent to an activating group) is 1. The topological polar surface area (TPSA) is 71.2 Å². The molecular weight excluding hydrogens is 362 g/mol. The van der Waals surface area contributed by atoms with Gasteiger partial charge in [0.2, 0.25) is 0 Å². The van der Waals surface area contributed by atoms with Gasteiger partial charge in [-0.15, -0.1) is 0 Å². The fourth-order valence-corrected chi connectivity index (χ4v) is 3.50. The van der Waals surface area contributed by atoms with Crippen LogP contribution in [0.1, 0.15) is 5.56 Å². The van der Waals surface area contributed by atoms with Gasteiger partial charge in [-0.2, -0.15) is 10.2 Å². The highest BCUT2D eigenvalue weighted by atomic mass is 15.4. The lowest BCUT2D eigenvalue weighted by atomic mass is 10.0. The molecule has 1 saturated heterocycles. The molecule has 4 heterocycles. The molecule has 1 N–H and O–H groups in total. The van der Waals surface area contributed by atoms with E-state index in [-0.39, 0.29) is 0 Å². The number of hydrazone groups is 1. The SMILES string of the molecule is CN1CC=C(c2cccc(-c3ncc(-c4cnn(CC5CNC5)c4)cn3)c2)C=N1. The number of rotatable bonds is 5. The van der Waals surface area contributed by atoms with Crippen LogP contribution in [0.3, 0.4) is 0 Å². The molecule has 7 nitrogen and oxygen atoms in total. The van der Waals surface area contributed by atoms with Gasteiger partial charge in [0.1, 0.15) is 0 Å². The number of hydrogen-bond donors (Lipinski definition) is 1. The molecule has 2 aromatic heterocycles. The molecule has 0 bridgehead atoms. The van der Waals surface area contributed by atoms with Gasteiger partial charge in [-0.3, -0.25) is 9.69 Å². The Kier molecular flexibility index (Phi) is 4.65. The molecule has 2 aliphatic rings. The van der Waals surface area contributed by atoms with E-state index in [1.54, 1.807) is 0 Å². The first-order valence-corrected chi connectivity index (χ1v) is 9.86. The van der Waals surface area contributed by atoms with Gasteiger partial charge in [0.15, 0.2) is 5.82 Å². The maximum atomic E-state index is 4.60. The Morgan fingerprint density at radius 3 is 2.59 bits per heavy atom. The molecule has 7 heteroatoms. The largest absolute Gasteiger partial charge is 0.316 e. The third-order valence-corrected chi connectivity index (χ3v) is 5.35. The van der Waals surface area contributed by atoms with E-state index < -0.39 is 0 Å². The maximum absolute atomic E-state index is 4.60. The quantitative estimate of drug-likeness (QED) is 0.731. The van der Waals surface area contributed by atoms with Gasteiger partial charge in [0.25, 0.3) is 0 Å². The van der Waals surface area contributed by atoms with Gasteiger partial charge in [0, 0.05) is 67.9 Å². The van der Waals surface area contributed by atoms with Gasteiger partial charge >= 0.3 is 0 Å². The Hall–Kier alpha value is -3.32. The molecule has 0 spiro atoms. The van der Waals surface area contributed by atoms with Crippen molar-refractivity contribution in [2.45, 2.75) is 6.54 Å². The van der Waals surface area contributed by atoms with E-state index in [1.165, 1.54) is 0 Å². The summed E-state index contributed by atoms with van der Waals surface area (Å²) in [6, 6.07) is 8.28. The average molecular weight is 385 g/mol. The minimum atomic E-state index is 0.679. The number of nitrogens with one attached hydrogen (secondary N) is 1. The second kappa shape index (κ2) is 7.60. The highest BCUT2D eigenvalue weighted by Gasteiger charge is 2.17. The Labute approximate surface area is 169 Å². The molecular formula is C22H23N7. The van der Waals surface area contributed by atoms with Crippen molar-refractivity contribution in [3.63, 3.8) is 0 Å². The molecule has 1 aromatic carbocycles. The average Bonchev–Trinajstić information content (AvgIpc) is 3.20. The van der Waals surface area contributed by atoms with Crippen molar-refractivity contribution in [2.24, 2.45) is 11.0 Å². The van der Waals surface area contributed by atoms with E-state index in [2.05, 4.69) is 49.9 Å². The lowest BCUT2D eigenvalue weighted by molar-refractivity contribution is 0.295. The molecule has 29 heavy (non-hydrogen) atoms. The molecule has 0 amide bonds. The molecule has 0 aliphatic carbocycles. The summed E-state index contributed by atoms with van der Waals surface area (Å²) < 4.78 is 2.01. The van der Waals surface area contributed by atoms with E-state index in [4.69, 9.17) is 0 Å². The highest BCUT2D eigenvalue weighted by molar-refractivity contribution is 6.10. The van der Waals surface area contributed by atoms with Crippen LogP contribution in [-0.2, 0) is 6.54 Å². The summed E-state index contributed by atoms with van der Waals surface area (Å²) in [6.07, 6.45) is 11.8. The van der Waals surface area contributed by atoms with Gasteiger partial charge < -0.3 is 5.32 Å². The van der Waals surface area contributed by atoms with Crippen molar-refractivity contribution in [3.05, 3.63) is 60.7 Å². The normalized spacial score (nSPS) is 16.6. The summed E-state index contributed by atoms with van der Waals surface area (Å²) in [5.41, 5.74) is 5.27. The molecule has 0 radical (unpaired) electrons. The smallest absolute Gasteiger partial charge is 0.159 e. The summed E-state index contributed by atoms with van der Waals surface area (Å²) in [4.78, 5) is 9.20. The fraction of sp³-hybridized carbons (Fsp3) is 0.273. The lowest BCUT2D eigenvalue weighted by Crippen LogP contribution is -2.44. The molecule has 0 saturated carbocycles. The Balaban J connectivity index is 1.34. The van der Waals surface area contributed by atoms with E-state index in [0.717, 1.165) is 54.0 Å². The predicted molar refractivity (Wildman–Crippen MR) is 114 cm³/mol. The molecule has 0 atom stereocenters. The summed E-state index contributed by atoms with van der Waals surface area (Å²) in [6.45, 7) is 3.91. The van der Waals surface area contributed by atoms with Crippen LogP contribution >= 0.6 is 0 Å². The van der Waals surface area contributed by atoms with Gasteiger partial charge in [-0.1, -0.05) is 24.3 Å². The first-order chi connectivity index (χ1) is 14.2. The Morgan fingerprint density at radius 1 is 1.03 bits per heavy atom. The van der Waals surface area contributed by atoms with E-state index in [9.17, 15) is 0 Å². The van der Waals surface area contributed by atoms with Crippen LogP contribution in [-0.4, -0.2) is 57.7 Å². The van der Waals surface area contributed by atoms with Crippen molar-refractivity contribution >= 4 is 11.8 Å². The van der Waals surface area contributed by atoms with Crippen molar-refractivity contribution in [1.82, 2.24) is 30.1 Å². The zero-order chi connectivity index (χ0) is 19.6. The summed E-state index contributed by atoms with van der Waals surface area (Å²) in [5, 5.41) is 14.0. The molecule has 3 aromatic rings. The van der Waals surface area contributed by atoms with Crippen molar-refractivity contribution in [3.8, 4) is 22.5 Å². The third-order valence-electron chi connectivity index (χ3n) is 5.35. The minimum absolute atomic E-state index is 0.679. The van der Waals surface area contributed by atoms with Crippen LogP contribution in [0, 0.1) is 5.92 Å². The third kappa shape index (κ3) is 3.82.